The van der Waals surface area contributed by atoms with E-state index in [0.29, 0.717) is 5.92 Å². The Bertz CT molecular complexity index is 462. The zero-order valence-corrected chi connectivity index (χ0v) is 12.1. The average Bonchev–Trinajstić information content (AvgIpc) is 2.27. The number of carbonyl (C=O) groups excluding carboxylic acids is 1. The van der Waals surface area contributed by atoms with Crippen molar-refractivity contribution in [2.24, 2.45) is 0 Å². The van der Waals surface area contributed by atoms with Crippen LogP contribution in [0.5, 0.6) is 0 Å². The average molecular weight is 280 g/mol. The zero-order valence-electron chi connectivity index (χ0n) is 12.1. The zero-order chi connectivity index (χ0) is 14.8. The Labute approximate surface area is 118 Å². The third kappa shape index (κ3) is 4.20. The molecular formula is C15H21FN2O2. The van der Waals surface area contributed by atoms with Gasteiger partial charge >= 0.3 is 6.09 Å². The highest BCUT2D eigenvalue weighted by Gasteiger charge is 2.30. The van der Waals surface area contributed by atoms with E-state index in [9.17, 15) is 9.18 Å². The summed E-state index contributed by atoms with van der Waals surface area (Å²) < 4.78 is 17.9. The number of nitrogens with one attached hydrogen (secondary N) is 2. The summed E-state index contributed by atoms with van der Waals surface area (Å²) in [5.41, 5.74) is 6.15. The SMILES string of the molecule is CC(C)(C)OC(=O)NNC1CC(c2ccc(F)cc2)C1. The van der Waals surface area contributed by atoms with Gasteiger partial charge in [-0.2, -0.15) is 0 Å². The molecule has 1 fully saturated rings. The van der Waals surface area contributed by atoms with Gasteiger partial charge in [0, 0.05) is 6.04 Å². The van der Waals surface area contributed by atoms with Gasteiger partial charge in [-0.05, 0) is 57.2 Å². The summed E-state index contributed by atoms with van der Waals surface area (Å²) in [7, 11) is 0. The highest BCUT2D eigenvalue weighted by Crippen LogP contribution is 2.36. The first-order valence-electron chi connectivity index (χ1n) is 6.83. The van der Waals surface area contributed by atoms with Crippen LogP contribution in [0.25, 0.3) is 0 Å². The number of hydrazine groups is 1. The molecule has 0 spiro atoms. The van der Waals surface area contributed by atoms with Gasteiger partial charge in [0.2, 0.25) is 0 Å². The van der Waals surface area contributed by atoms with E-state index in [2.05, 4.69) is 10.9 Å². The normalized spacial score (nSPS) is 22.0. The predicted octanol–water partition coefficient (Wildman–Crippen LogP) is 3.10. The molecule has 1 aromatic carbocycles. The molecule has 20 heavy (non-hydrogen) atoms. The summed E-state index contributed by atoms with van der Waals surface area (Å²) in [4.78, 5) is 11.5. The lowest BCUT2D eigenvalue weighted by molar-refractivity contribution is 0.0471. The largest absolute Gasteiger partial charge is 0.443 e. The molecule has 1 aliphatic rings. The lowest BCUT2D eigenvalue weighted by Crippen LogP contribution is -2.50. The molecule has 110 valence electrons. The number of halogens is 1. The second kappa shape index (κ2) is 5.79. The Morgan fingerprint density at radius 3 is 2.40 bits per heavy atom. The maximum absolute atomic E-state index is 12.8. The minimum Gasteiger partial charge on any atom is -0.443 e. The Morgan fingerprint density at radius 2 is 1.85 bits per heavy atom. The smallest absolute Gasteiger partial charge is 0.422 e. The number of ether oxygens (including phenoxy) is 1. The van der Waals surface area contributed by atoms with E-state index >= 15 is 0 Å². The maximum atomic E-state index is 12.8. The van der Waals surface area contributed by atoms with Crippen LogP contribution in [0.1, 0.15) is 45.1 Å². The Kier molecular flexibility index (Phi) is 4.28. The molecule has 0 bridgehead atoms. The van der Waals surface area contributed by atoms with E-state index in [1.54, 1.807) is 0 Å². The van der Waals surface area contributed by atoms with Crippen molar-refractivity contribution >= 4 is 6.09 Å². The number of carbonyl (C=O) groups is 1. The summed E-state index contributed by atoms with van der Waals surface area (Å²) in [6, 6.07) is 6.83. The molecule has 1 aromatic rings. The summed E-state index contributed by atoms with van der Waals surface area (Å²) in [5.74, 6) is 0.211. The fourth-order valence-corrected chi connectivity index (χ4v) is 2.21. The molecule has 2 rings (SSSR count). The third-order valence-corrected chi connectivity index (χ3v) is 3.26. The van der Waals surface area contributed by atoms with Crippen LogP contribution in [0.4, 0.5) is 9.18 Å². The van der Waals surface area contributed by atoms with Crippen molar-refractivity contribution in [3.8, 4) is 0 Å². The Morgan fingerprint density at radius 1 is 1.25 bits per heavy atom. The number of hydrogen-bond donors (Lipinski definition) is 2. The summed E-state index contributed by atoms with van der Waals surface area (Å²) >= 11 is 0. The molecule has 0 radical (unpaired) electrons. The number of hydrogen-bond acceptors (Lipinski definition) is 3. The third-order valence-electron chi connectivity index (χ3n) is 3.26. The molecule has 0 aromatic heterocycles. The molecule has 0 saturated heterocycles. The van der Waals surface area contributed by atoms with Gasteiger partial charge in [0.1, 0.15) is 11.4 Å². The van der Waals surface area contributed by atoms with E-state index in [4.69, 9.17) is 4.74 Å². The standard InChI is InChI=1S/C15H21FN2O2/c1-15(2,3)20-14(19)18-17-13-8-11(9-13)10-4-6-12(16)7-5-10/h4-7,11,13,17H,8-9H2,1-3H3,(H,18,19). The first-order chi connectivity index (χ1) is 9.33. The first kappa shape index (κ1) is 14.8. The fourth-order valence-electron chi connectivity index (χ4n) is 2.21. The molecule has 0 unspecified atom stereocenters. The molecule has 5 heteroatoms. The van der Waals surface area contributed by atoms with Crippen LogP contribution < -0.4 is 10.9 Å². The highest BCUT2D eigenvalue weighted by atomic mass is 19.1. The van der Waals surface area contributed by atoms with Gasteiger partial charge in [0.05, 0.1) is 0 Å². The molecule has 4 nitrogen and oxygen atoms in total. The summed E-state index contributed by atoms with van der Waals surface area (Å²) in [5, 5.41) is 0. The van der Waals surface area contributed by atoms with Crippen molar-refractivity contribution < 1.29 is 13.9 Å². The topological polar surface area (TPSA) is 50.4 Å². The Balaban J connectivity index is 1.69. The van der Waals surface area contributed by atoms with Crippen LogP contribution in [0.3, 0.4) is 0 Å². The van der Waals surface area contributed by atoms with Crippen LogP contribution in [0.15, 0.2) is 24.3 Å². The highest BCUT2D eigenvalue weighted by molar-refractivity contribution is 5.67. The van der Waals surface area contributed by atoms with Gasteiger partial charge in [0.15, 0.2) is 0 Å². The lowest BCUT2D eigenvalue weighted by Gasteiger charge is -2.36. The molecule has 1 saturated carbocycles. The molecule has 2 N–H and O–H groups in total. The molecule has 0 atom stereocenters. The van der Waals surface area contributed by atoms with E-state index in [-0.39, 0.29) is 11.9 Å². The molecule has 1 aliphatic carbocycles. The fraction of sp³-hybridized carbons (Fsp3) is 0.533. The number of rotatable bonds is 3. The minimum atomic E-state index is -0.498. The number of amides is 1. The van der Waals surface area contributed by atoms with Crippen LogP contribution >= 0.6 is 0 Å². The van der Waals surface area contributed by atoms with Crippen molar-refractivity contribution in [3.63, 3.8) is 0 Å². The van der Waals surface area contributed by atoms with Gasteiger partial charge in [-0.25, -0.2) is 14.6 Å². The number of benzene rings is 1. The van der Waals surface area contributed by atoms with Crippen molar-refractivity contribution in [1.29, 1.82) is 0 Å². The van der Waals surface area contributed by atoms with Crippen molar-refractivity contribution in [1.82, 2.24) is 10.9 Å². The quantitative estimate of drug-likeness (QED) is 0.836. The van der Waals surface area contributed by atoms with Crippen molar-refractivity contribution in [2.75, 3.05) is 0 Å². The van der Waals surface area contributed by atoms with Crippen molar-refractivity contribution in [2.45, 2.75) is 51.2 Å². The second-order valence-electron chi connectivity index (χ2n) is 6.19. The summed E-state index contributed by atoms with van der Waals surface area (Å²) in [6.45, 7) is 5.46. The predicted molar refractivity (Wildman–Crippen MR) is 74.7 cm³/mol. The summed E-state index contributed by atoms with van der Waals surface area (Å²) in [6.07, 6.45) is 1.37. The maximum Gasteiger partial charge on any atom is 0.422 e. The molecule has 0 aliphatic heterocycles. The molecule has 0 heterocycles. The van der Waals surface area contributed by atoms with Gasteiger partial charge in [0.25, 0.3) is 0 Å². The van der Waals surface area contributed by atoms with E-state index < -0.39 is 11.7 Å². The van der Waals surface area contributed by atoms with Crippen LogP contribution in [0, 0.1) is 5.82 Å². The minimum absolute atomic E-state index is 0.214. The van der Waals surface area contributed by atoms with Crippen molar-refractivity contribution in [3.05, 3.63) is 35.6 Å². The molecule has 1 amide bonds. The van der Waals surface area contributed by atoms with E-state index in [0.717, 1.165) is 18.4 Å². The van der Waals surface area contributed by atoms with Gasteiger partial charge in [-0.15, -0.1) is 0 Å². The van der Waals surface area contributed by atoms with Gasteiger partial charge in [-0.3, -0.25) is 5.43 Å². The van der Waals surface area contributed by atoms with Crippen LogP contribution in [0.2, 0.25) is 0 Å². The van der Waals surface area contributed by atoms with Gasteiger partial charge in [-0.1, -0.05) is 12.1 Å². The van der Waals surface area contributed by atoms with E-state index in [1.807, 2.05) is 32.9 Å². The van der Waals surface area contributed by atoms with Crippen LogP contribution in [-0.4, -0.2) is 17.7 Å². The Hall–Kier alpha value is -1.62. The monoisotopic (exact) mass is 280 g/mol. The van der Waals surface area contributed by atoms with E-state index in [1.165, 1.54) is 12.1 Å². The van der Waals surface area contributed by atoms with Gasteiger partial charge < -0.3 is 4.74 Å². The second-order valence-corrected chi connectivity index (χ2v) is 6.19. The molecular weight excluding hydrogens is 259 g/mol. The van der Waals surface area contributed by atoms with Crippen LogP contribution in [-0.2, 0) is 4.74 Å². The first-order valence-corrected chi connectivity index (χ1v) is 6.83. The lowest BCUT2D eigenvalue weighted by atomic mass is 9.76.